The Hall–Kier alpha value is -1.22. The Morgan fingerprint density at radius 2 is 1.43 bits per heavy atom. The molecular weight excluding hydrogens is 296 g/mol. The summed E-state index contributed by atoms with van der Waals surface area (Å²) in [7, 11) is 0. The van der Waals surface area contributed by atoms with Gasteiger partial charge in [-0.2, -0.15) is 0 Å². The molecule has 23 heavy (non-hydrogen) atoms. The van der Waals surface area contributed by atoms with E-state index in [1.54, 1.807) is 0 Å². The average molecular weight is 329 g/mol. The van der Waals surface area contributed by atoms with Crippen molar-refractivity contribution in [3.63, 3.8) is 0 Å². The van der Waals surface area contributed by atoms with Crippen LogP contribution in [0.15, 0.2) is 0 Å². The van der Waals surface area contributed by atoms with E-state index < -0.39 is 12.1 Å². The number of carbonyl (C=O) groups is 2. The number of nitrogens with two attached hydrogens (primary N) is 4. The van der Waals surface area contributed by atoms with Crippen LogP contribution >= 0.6 is 0 Å². The van der Waals surface area contributed by atoms with Crippen molar-refractivity contribution in [2.45, 2.75) is 57.0 Å². The summed E-state index contributed by atoms with van der Waals surface area (Å²) in [5, 5.41) is 6.66. The number of carbonyl (C=O) groups excluding carboxylic acids is 2. The molecule has 0 spiro atoms. The van der Waals surface area contributed by atoms with Crippen molar-refractivity contribution in [1.82, 2.24) is 10.6 Å². The van der Waals surface area contributed by atoms with E-state index in [0.29, 0.717) is 45.4 Å². The Morgan fingerprint density at radius 3 is 2.00 bits per heavy atom. The van der Waals surface area contributed by atoms with E-state index in [9.17, 15) is 9.59 Å². The molecular formula is C15H33N6O2. The summed E-state index contributed by atoms with van der Waals surface area (Å²) in [5.41, 5.74) is 22.3. The largest absolute Gasteiger partial charge is 0.355 e. The van der Waals surface area contributed by atoms with E-state index in [1.165, 1.54) is 0 Å². The lowest BCUT2D eigenvalue weighted by atomic mass is 10.1. The van der Waals surface area contributed by atoms with E-state index >= 15 is 0 Å². The highest BCUT2D eigenvalue weighted by molar-refractivity contribution is 5.81. The number of hydrogen-bond acceptors (Lipinski definition) is 6. The van der Waals surface area contributed by atoms with Crippen molar-refractivity contribution in [3.8, 4) is 0 Å². The fourth-order valence-corrected chi connectivity index (χ4v) is 2.00. The highest BCUT2D eigenvalue weighted by Crippen LogP contribution is 1.99. The first-order valence-corrected chi connectivity index (χ1v) is 8.43. The summed E-state index contributed by atoms with van der Waals surface area (Å²) in [6.45, 7) is 2.01. The second kappa shape index (κ2) is 14.4. The van der Waals surface area contributed by atoms with Crippen LogP contribution in [-0.4, -0.2) is 50.1 Å². The normalized spacial score (nSPS) is 13.4. The Kier molecular flexibility index (Phi) is 13.6. The molecule has 0 saturated carbocycles. The lowest BCUT2D eigenvalue weighted by Gasteiger charge is -2.12. The average Bonchev–Trinajstić information content (AvgIpc) is 2.54. The molecule has 0 rings (SSSR count). The Morgan fingerprint density at radius 1 is 0.870 bits per heavy atom. The van der Waals surface area contributed by atoms with Crippen LogP contribution in [0.2, 0.25) is 0 Å². The van der Waals surface area contributed by atoms with Gasteiger partial charge in [-0.25, -0.2) is 0 Å². The molecule has 0 aliphatic carbocycles. The number of nitrogens with one attached hydrogen (secondary N) is 1. The van der Waals surface area contributed by atoms with Crippen LogP contribution in [0.3, 0.4) is 0 Å². The fourth-order valence-electron chi connectivity index (χ4n) is 2.00. The molecule has 135 valence electrons. The zero-order valence-corrected chi connectivity index (χ0v) is 14.0. The van der Waals surface area contributed by atoms with Gasteiger partial charge in [-0.15, -0.1) is 0 Å². The summed E-state index contributed by atoms with van der Waals surface area (Å²) in [5.74, 6) is -0.460. The van der Waals surface area contributed by atoms with Crippen LogP contribution < -0.4 is 33.6 Å². The first-order valence-electron chi connectivity index (χ1n) is 8.43. The van der Waals surface area contributed by atoms with E-state index in [4.69, 9.17) is 22.9 Å². The van der Waals surface area contributed by atoms with Gasteiger partial charge in [-0.05, 0) is 45.2 Å². The van der Waals surface area contributed by atoms with Gasteiger partial charge in [-0.3, -0.25) is 14.9 Å². The SMILES string of the molecule is NCCCC[C@H](N)C(=O)[N]CCCNC(=O)[C@@H](N)CCCCN. The predicted octanol–water partition coefficient (Wildman–Crippen LogP) is -1.46. The Balaban J connectivity index is 3.63. The molecule has 0 aromatic rings. The van der Waals surface area contributed by atoms with Crippen molar-refractivity contribution in [3.05, 3.63) is 0 Å². The van der Waals surface area contributed by atoms with Crippen molar-refractivity contribution >= 4 is 11.8 Å². The van der Waals surface area contributed by atoms with Gasteiger partial charge >= 0.3 is 0 Å². The molecule has 0 saturated heterocycles. The molecule has 2 atom stereocenters. The molecule has 0 aromatic carbocycles. The molecule has 8 nitrogen and oxygen atoms in total. The number of unbranched alkanes of at least 4 members (excludes halogenated alkanes) is 2. The highest BCUT2D eigenvalue weighted by atomic mass is 16.2. The monoisotopic (exact) mass is 329 g/mol. The molecule has 0 aromatic heterocycles. The summed E-state index contributed by atoms with van der Waals surface area (Å²) in [6, 6.07) is -1.05. The quantitative estimate of drug-likeness (QED) is 0.244. The number of amides is 2. The molecule has 1 radical (unpaired) electrons. The van der Waals surface area contributed by atoms with E-state index in [-0.39, 0.29) is 11.8 Å². The van der Waals surface area contributed by atoms with Gasteiger partial charge in [0.2, 0.25) is 5.91 Å². The van der Waals surface area contributed by atoms with Gasteiger partial charge < -0.3 is 28.3 Å². The Bertz CT molecular complexity index is 297. The van der Waals surface area contributed by atoms with Gasteiger partial charge in [-0.1, -0.05) is 12.8 Å². The minimum atomic E-state index is -0.549. The molecule has 0 aliphatic heterocycles. The van der Waals surface area contributed by atoms with Crippen molar-refractivity contribution < 1.29 is 9.59 Å². The maximum absolute atomic E-state index is 11.7. The summed E-state index contributed by atoms with van der Waals surface area (Å²) in [6.07, 6.45) is 5.22. The van der Waals surface area contributed by atoms with Gasteiger partial charge in [0.05, 0.1) is 12.1 Å². The molecule has 8 heteroatoms. The molecule has 9 N–H and O–H groups in total. The molecule has 0 unspecified atom stereocenters. The van der Waals surface area contributed by atoms with Gasteiger partial charge in [0, 0.05) is 13.1 Å². The van der Waals surface area contributed by atoms with Crippen LogP contribution in [-0.2, 0) is 9.59 Å². The minimum Gasteiger partial charge on any atom is -0.355 e. The molecule has 2 amide bonds. The maximum atomic E-state index is 11.7. The minimum absolute atomic E-state index is 0.174. The predicted molar refractivity (Wildman–Crippen MR) is 91.4 cm³/mol. The smallest absolute Gasteiger partial charge is 0.258 e. The highest BCUT2D eigenvalue weighted by Gasteiger charge is 2.14. The van der Waals surface area contributed by atoms with Gasteiger partial charge in [0.1, 0.15) is 0 Å². The number of nitrogens with zero attached hydrogens (tertiary/aromatic N) is 1. The van der Waals surface area contributed by atoms with Gasteiger partial charge in [0.25, 0.3) is 5.91 Å². The first kappa shape index (κ1) is 21.8. The maximum Gasteiger partial charge on any atom is 0.258 e. The molecule has 0 bridgehead atoms. The molecule has 0 aliphatic rings. The van der Waals surface area contributed by atoms with Crippen LogP contribution in [0, 0.1) is 0 Å². The van der Waals surface area contributed by atoms with Crippen LogP contribution in [0.1, 0.15) is 44.9 Å². The lowest BCUT2D eigenvalue weighted by Crippen LogP contribution is -2.41. The second-order valence-corrected chi connectivity index (χ2v) is 5.65. The summed E-state index contributed by atoms with van der Waals surface area (Å²) < 4.78 is 0. The number of rotatable bonds is 14. The second-order valence-electron chi connectivity index (χ2n) is 5.65. The van der Waals surface area contributed by atoms with E-state index in [0.717, 1.165) is 25.7 Å². The first-order chi connectivity index (χ1) is 11.0. The van der Waals surface area contributed by atoms with Gasteiger partial charge in [0.15, 0.2) is 0 Å². The standard InChI is InChI=1S/C15H33N6O2/c16-8-3-1-6-12(18)14(22)20-10-5-11-21-15(23)13(19)7-2-4-9-17/h12-13H,1-11,16-19H2,(H,20,22)/t12-,13-/m0/s1. The van der Waals surface area contributed by atoms with E-state index in [1.807, 2.05) is 0 Å². The number of hydrogen-bond donors (Lipinski definition) is 5. The van der Waals surface area contributed by atoms with Crippen molar-refractivity contribution in [2.24, 2.45) is 22.9 Å². The summed E-state index contributed by atoms with van der Waals surface area (Å²) >= 11 is 0. The third-order valence-corrected chi connectivity index (χ3v) is 3.49. The Labute approximate surface area is 139 Å². The molecule has 0 heterocycles. The fraction of sp³-hybridized carbons (Fsp3) is 0.867. The third-order valence-electron chi connectivity index (χ3n) is 3.49. The van der Waals surface area contributed by atoms with Crippen LogP contribution in [0.5, 0.6) is 0 Å². The van der Waals surface area contributed by atoms with Crippen molar-refractivity contribution in [2.75, 3.05) is 26.2 Å². The lowest BCUT2D eigenvalue weighted by molar-refractivity contribution is -0.123. The van der Waals surface area contributed by atoms with Crippen molar-refractivity contribution in [1.29, 1.82) is 0 Å². The molecule has 0 fully saturated rings. The van der Waals surface area contributed by atoms with E-state index in [2.05, 4.69) is 10.6 Å². The third kappa shape index (κ3) is 11.9. The zero-order chi connectivity index (χ0) is 17.5. The van der Waals surface area contributed by atoms with Crippen LogP contribution in [0.25, 0.3) is 0 Å². The topological polar surface area (TPSA) is 164 Å². The zero-order valence-electron chi connectivity index (χ0n) is 14.0. The summed E-state index contributed by atoms with van der Waals surface area (Å²) in [4.78, 5) is 23.3. The van der Waals surface area contributed by atoms with Crippen LogP contribution in [0.4, 0.5) is 0 Å².